The van der Waals surface area contributed by atoms with Crippen molar-refractivity contribution in [3.05, 3.63) is 0 Å². The number of nitrogens with zero attached hydrogens (tertiary/aromatic N) is 1. The molecule has 0 amide bonds. The van der Waals surface area contributed by atoms with Gasteiger partial charge in [0, 0.05) is 6.54 Å². The summed E-state index contributed by atoms with van der Waals surface area (Å²) in [6.45, 7) is 0.834. The summed E-state index contributed by atoms with van der Waals surface area (Å²) in [5.74, 6) is -1.33. The molecular weight excluding hydrogens is 146 g/mol. The van der Waals surface area contributed by atoms with Crippen molar-refractivity contribution in [2.75, 3.05) is 27.2 Å². The third kappa shape index (κ3) is 1.77. The van der Waals surface area contributed by atoms with Crippen LogP contribution < -0.4 is 0 Å². The second-order valence-electron chi connectivity index (χ2n) is 2.92. The number of Topliss-reactive ketones (excluding diaryl/α,β-unsaturated/α-hetero) is 1. The van der Waals surface area contributed by atoms with E-state index in [9.17, 15) is 9.59 Å². The van der Waals surface area contributed by atoms with Crippen LogP contribution in [0.15, 0.2) is 0 Å². The predicted molar refractivity (Wildman–Crippen MR) is 38.0 cm³/mol. The Kier molecular flexibility index (Phi) is 2.24. The van der Waals surface area contributed by atoms with Crippen LogP contribution in [-0.2, 0) is 14.3 Å². The highest BCUT2D eigenvalue weighted by Gasteiger charge is 2.34. The van der Waals surface area contributed by atoms with Gasteiger partial charge < -0.3 is 9.64 Å². The van der Waals surface area contributed by atoms with Gasteiger partial charge in [-0.05, 0) is 14.1 Å². The number of ketones is 1. The smallest absolute Gasteiger partial charge is 0.375 e. The molecule has 0 N–H and O–H groups in total. The molecular formula is C7H11NO3. The Morgan fingerprint density at radius 2 is 2.18 bits per heavy atom. The van der Waals surface area contributed by atoms with Crippen molar-refractivity contribution < 1.29 is 14.3 Å². The lowest BCUT2D eigenvalue weighted by atomic mass is 10.1. The van der Waals surface area contributed by atoms with Gasteiger partial charge in [0.05, 0.1) is 5.92 Å². The van der Waals surface area contributed by atoms with Gasteiger partial charge in [0.2, 0.25) is 5.78 Å². The van der Waals surface area contributed by atoms with Crippen molar-refractivity contribution in [2.45, 2.75) is 0 Å². The minimum absolute atomic E-state index is 0.246. The first-order chi connectivity index (χ1) is 5.11. The molecule has 1 aliphatic heterocycles. The molecule has 1 fully saturated rings. The quantitative estimate of drug-likeness (QED) is 0.392. The molecule has 0 spiro atoms. The fourth-order valence-corrected chi connectivity index (χ4v) is 1.07. The Bertz CT molecular complexity index is 188. The van der Waals surface area contributed by atoms with Crippen LogP contribution in [0.4, 0.5) is 0 Å². The highest BCUT2D eigenvalue weighted by Crippen LogP contribution is 2.10. The Balaban J connectivity index is 2.49. The average molecular weight is 157 g/mol. The molecule has 4 heteroatoms. The van der Waals surface area contributed by atoms with Crippen molar-refractivity contribution in [1.29, 1.82) is 0 Å². The lowest BCUT2D eigenvalue weighted by Gasteiger charge is -2.11. The predicted octanol–water partition coefficient (Wildman–Crippen LogP) is -0.710. The van der Waals surface area contributed by atoms with E-state index in [4.69, 9.17) is 0 Å². The number of hydrogen-bond acceptors (Lipinski definition) is 4. The highest BCUT2D eigenvalue weighted by atomic mass is 16.5. The molecule has 1 rings (SSSR count). The second-order valence-corrected chi connectivity index (χ2v) is 2.92. The van der Waals surface area contributed by atoms with Crippen LogP contribution in [0.5, 0.6) is 0 Å². The van der Waals surface area contributed by atoms with Crippen molar-refractivity contribution >= 4 is 11.8 Å². The summed E-state index contributed by atoms with van der Waals surface area (Å²) in [7, 11) is 3.71. The fraction of sp³-hybridized carbons (Fsp3) is 0.714. The van der Waals surface area contributed by atoms with Crippen LogP contribution in [0, 0.1) is 5.92 Å². The molecule has 0 radical (unpaired) electrons. The molecule has 0 aromatic heterocycles. The van der Waals surface area contributed by atoms with Crippen molar-refractivity contribution in [1.82, 2.24) is 4.90 Å². The van der Waals surface area contributed by atoms with E-state index in [0.29, 0.717) is 6.54 Å². The van der Waals surface area contributed by atoms with Crippen molar-refractivity contribution in [3.8, 4) is 0 Å². The maximum atomic E-state index is 10.9. The first-order valence-corrected chi connectivity index (χ1v) is 3.47. The van der Waals surface area contributed by atoms with E-state index in [1.165, 1.54) is 0 Å². The van der Waals surface area contributed by atoms with Gasteiger partial charge in [0.25, 0.3) is 0 Å². The van der Waals surface area contributed by atoms with Crippen LogP contribution in [0.25, 0.3) is 0 Å². The summed E-state index contributed by atoms with van der Waals surface area (Å²) in [6, 6.07) is 0. The molecule has 62 valence electrons. The molecule has 0 aromatic rings. The van der Waals surface area contributed by atoms with Gasteiger partial charge in [-0.25, -0.2) is 4.79 Å². The van der Waals surface area contributed by atoms with E-state index in [-0.39, 0.29) is 12.5 Å². The first-order valence-electron chi connectivity index (χ1n) is 3.47. The van der Waals surface area contributed by atoms with Gasteiger partial charge in [-0.3, -0.25) is 4.79 Å². The van der Waals surface area contributed by atoms with Gasteiger partial charge in [-0.2, -0.15) is 0 Å². The van der Waals surface area contributed by atoms with Crippen LogP contribution in [0.1, 0.15) is 0 Å². The number of rotatable bonds is 2. The topological polar surface area (TPSA) is 46.6 Å². The molecule has 0 aromatic carbocycles. The lowest BCUT2D eigenvalue weighted by molar-refractivity contribution is -0.147. The Hall–Kier alpha value is -0.900. The fourth-order valence-electron chi connectivity index (χ4n) is 1.07. The molecule has 1 aliphatic rings. The van der Waals surface area contributed by atoms with Crippen LogP contribution in [-0.4, -0.2) is 43.9 Å². The van der Waals surface area contributed by atoms with Crippen LogP contribution in [0.3, 0.4) is 0 Å². The summed E-state index contributed by atoms with van der Waals surface area (Å²) in [5.41, 5.74) is 0. The SMILES string of the molecule is CN(C)CC1COC(=O)C1=O. The van der Waals surface area contributed by atoms with Gasteiger partial charge in [0.1, 0.15) is 6.61 Å². The molecule has 4 nitrogen and oxygen atoms in total. The van der Waals surface area contributed by atoms with Gasteiger partial charge in [0.15, 0.2) is 0 Å². The van der Waals surface area contributed by atoms with E-state index in [1.54, 1.807) is 0 Å². The molecule has 1 saturated heterocycles. The number of hydrogen-bond donors (Lipinski definition) is 0. The minimum atomic E-state index is -0.683. The van der Waals surface area contributed by atoms with Gasteiger partial charge in [-0.15, -0.1) is 0 Å². The Labute approximate surface area is 65.1 Å². The lowest BCUT2D eigenvalue weighted by Crippen LogP contribution is -2.27. The molecule has 0 aliphatic carbocycles. The van der Waals surface area contributed by atoms with Crippen LogP contribution >= 0.6 is 0 Å². The summed E-state index contributed by atoms with van der Waals surface area (Å²) >= 11 is 0. The molecule has 1 atom stereocenters. The molecule has 1 unspecified atom stereocenters. The molecule has 11 heavy (non-hydrogen) atoms. The molecule has 0 bridgehead atoms. The number of carbonyl (C=O) groups is 2. The molecule has 1 heterocycles. The standard InChI is InChI=1S/C7H11NO3/c1-8(2)3-5-4-11-7(10)6(5)9/h5H,3-4H2,1-2H3. The maximum Gasteiger partial charge on any atom is 0.375 e. The van der Waals surface area contributed by atoms with E-state index in [1.807, 2.05) is 19.0 Å². The highest BCUT2D eigenvalue weighted by molar-refractivity contribution is 6.36. The summed E-state index contributed by atoms with van der Waals surface area (Å²) < 4.78 is 4.56. The van der Waals surface area contributed by atoms with Gasteiger partial charge in [-0.1, -0.05) is 0 Å². The largest absolute Gasteiger partial charge is 0.459 e. The molecule has 0 saturated carbocycles. The van der Waals surface area contributed by atoms with E-state index in [2.05, 4.69) is 4.74 Å². The van der Waals surface area contributed by atoms with Crippen molar-refractivity contribution in [3.63, 3.8) is 0 Å². The third-order valence-corrected chi connectivity index (χ3v) is 1.57. The minimum Gasteiger partial charge on any atom is -0.459 e. The zero-order valence-corrected chi connectivity index (χ0v) is 6.66. The second kappa shape index (κ2) is 3.00. The Morgan fingerprint density at radius 1 is 1.55 bits per heavy atom. The Morgan fingerprint density at radius 3 is 2.55 bits per heavy atom. The number of cyclic esters (lactones) is 1. The van der Waals surface area contributed by atoms with Crippen LogP contribution in [0.2, 0.25) is 0 Å². The zero-order chi connectivity index (χ0) is 8.43. The van der Waals surface area contributed by atoms with E-state index in [0.717, 1.165) is 0 Å². The summed E-state index contributed by atoms with van der Waals surface area (Å²) in [6.07, 6.45) is 0. The third-order valence-electron chi connectivity index (χ3n) is 1.57. The number of ether oxygens (including phenoxy) is 1. The van der Waals surface area contributed by atoms with Gasteiger partial charge >= 0.3 is 5.97 Å². The first kappa shape index (κ1) is 8.20. The maximum absolute atomic E-state index is 10.9. The zero-order valence-electron chi connectivity index (χ0n) is 6.66. The number of carbonyl (C=O) groups excluding carboxylic acids is 2. The van der Waals surface area contributed by atoms with E-state index >= 15 is 0 Å². The van der Waals surface area contributed by atoms with E-state index < -0.39 is 11.8 Å². The normalized spacial score (nSPS) is 24.5. The van der Waals surface area contributed by atoms with Crippen molar-refractivity contribution in [2.24, 2.45) is 5.92 Å². The monoisotopic (exact) mass is 157 g/mol. The summed E-state index contributed by atoms with van der Waals surface area (Å²) in [4.78, 5) is 23.4. The average Bonchev–Trinajstić information content (AvgIpc) is 2.18. The number of esters is 1. The summed E-state index contributed by atoms with van der Waals surface area (Å²) in [5, 5.41) is 0.